The number of carbonyl (C=O) groups is 2. The van der Waals surface area contributed by atoms with E-state index in [0.717, 1.165) is 0 Å². The van der Waals surface area contributed by atoms with Gasteiger partial charge in [0.05, 0.1) is 17.7 Å². The first-order chi connectivity index (χ1) is 9.65. The van der Waals surface area contributed by atoms with E-state index in [0.29, 0.717) is 11.1 Å². The topological polar surface area (TPSA) is 113 Å². The van der Waals surface area contributed by atoms with Gasteiger partial charge in [0.1, 0.15) is 5.60 Å². The lowest BCUT2D eigenvalue weighted by Crippen LogP contribution is -2.39. The molecule has 1 aromatic rings. The Morgan fingerprint density at radius 3 is 2.48 bits per heavy atom. The Morgan fingerprint density at radius 1 is 1.38 bits per heavy atom. The van der Waals surface area contributed by atoms with Gasteiger partial charge in [0.2, 0.25) is 0 Å². The maximum atomic E-state index is 12.0. The van der Waals surface area contributed by atoms with Crippen LogP contribution < -0.4 is 5.73 Å². The minimum atomic E-state index is -1.53. The summed E-state index contributed by atoms with van der Waals surface area (Å²) in [5, 5.41) is 18.1. The highest BCUT2D eigenvalue weighted by molar-refractivity contribution is 5.95. The summed E-state index contributed by atoms with van der Waals surface area (Å²) < 4.78 is 5.10. The Bertz CT molecular complexity index is 584. The average molecular weight is 290 g/mol. The van der Waals surface area contributed by atoms with Crippen LogP contribution in [-0.4, -0.2) is 22.6 Å². The van der Waals surface area contributed by atoms with E-state index in [1.807, 2.05) is 6.07 Å². The molecule has 0 aromatic heterocycles. The Hall–Kier alpha value is -2.39. The molecule has 0 saturated carbocycles. The predicted octanol–water partition coefficient (Wildman–Crippen LogP) is 1.60. The number of carboxylic acid groups (broad SMARTS) is 1. The number of esters is 1. The summed E-state index contributed by atoms with van der Waals surface area (Å²) in [6.45, 7) is 4.93. The molecule has 0 spiro atoms. The van der Waals surface area contributed by atoms with Gasteiger partial charge in [-0.25, -0.2) is 0 Å². The number of nitrogens with zero attached hydrogens (tertiary/aromatic N) is 1. The summed E-state index contributed by atoms with van der Waals surface area (Å²) >= 11 is 0. The number of benzene rings is 1. The molecule has 21 heavy (non-hydrogen) atoms. The smallest absolute Gasteiger partial charge is 0.322 e. The molecule has 0 amide bonds. The molecule has 1 aromatic carbocycles. The van der Waals surface area contributed by atoms with Gasteiger partial charge in [-0.2, -0.15) is 5.26 Å². The van der Waals surface area contributed by atoms with Crippen LogP contribution in [0.5, 0.6) is 0 Å². The Kier molecular flexibility index (Phi) is 5.06. The summed E-state index contributed by atoms with van der Waals surface area (Å²) in [5.41, 5.74) is 5.83. The predicted molar refractivity (Wildman–Crippen MR) is 75.1 cm³/mol. The summed E-state index contributed by atoms with van der Waals surface area (Å²) in [6, 6.07) is 7.04. The molecular formula is C15H18N2O4. The number of nitrogens with two attached hydrogens (primary N) is 1. The summed E-state index contributed by atoms with van der Waals surface area (Å²) in [5.74, 6) is -3.79. The van der Waals surface area contributed by atoms with E-state index >= 15 is 0 Å². The maximum Gasteiger partial charge on any atom is 0.322 e. The number of hydrogen-bond donors (Lipinski definition) is 2. The third-order valence-electron chi connectivity index (χ3n) is 2.69. The van der Waals surface area contributed by atoms with Crippen molar-refractivity contribution in [3.8, 4) is 6.07 Å². The molecule has 3 N–H and O–H groups in total. The second-order valence-corrected chi connectivity index (χ2v) is 5.61. The van der Waals surface area contributed by atoms with Crippen LogP contribution >= 0.6 is 0 Å². The summed E-state index contributed by atoms with van der Waals surface area (Å²) in [6.07, 6.45) is 0. The minimum Gasteiger partial charge on any atom is -0.481 e. The molecule has 0 aliphatic heterocycles. The number of hydrogen-bond acceptors (Lipinski definition) is 5. The third kappa shape index (κ3) is 4.58. The lowest BCUT2D eigenvalue weighted by atomic mass is 9.92. The van der Waals surface area contributed by atoms with Crippen molar-refractivity contribution in [1.29, 1.82) is 5.26 Å². The third-order valence-corrected chi connectivity index (χ3v) is 2.69. The molecular weight excluding hydrogens is 272 g/mol. The average Bonchev–Trinajstić information content (AvgIpc) is 2.36. The monoisotopic (exact) mass is 290 g/mol. The van der Waals surface area contributed by atoms with Crippen molar-refractivity contribution in [2.45, 2.75) is 32.4 Å². The van der Waals surface area contributed by atoms with E-state index in [4.69, 9.17) is 15.7 Å². The van der Waals surface area contributed by atoms with Gasteiger partial charge < -0.3 is 15.6 Å². The van der Waals surface area contributed by atoms with Crippen LogP contribution in [0.2, 0.25) is 0 Å². The van der Waals surface area contributed by atoms with Gasteiger partial charge in [-0.05, 0) is 38.5 Å². The quantitative estimate of drug-likeness (QED) is 0.643. The van der Waals surface area contributed by atoms with Crippen LogP contribution in [0.4, 0.5) is 0 Å². The van der Waals surface area contributed by atoms with Crippen LogP contribution in [0.15, 0.2) is 24.3 Å². The number of nitriles is 1. The number of aliphatic carboxylic acids is 1. The van der Waals surface area contributed by atoms with Gasteiger partial charge in [-0.15, -0.1) is 0 Å². The normalized spacial score (nSPS) is 13.9. The van der Waals surface area contributed by atoms with Gasteiger partial charge in [0.25, 0.3) is 0 Å². The van der Waals surface area contributed by atoms with Crippen molar-refractivity contribution >= 4 is 11.9 Å². The molecule has 6 heteroatoms. The number of carboxylic acids is 1. The van der Waals surface area contributed by atoms with Crippen LogP contribution in [0.25, 0.3) is 0 Å². The molecule has 112 valence electrons. The molecule has 0 bridgehead atoms. The second kappa shape index (κ2) is 6.37. The highest BCUT2D eigenvalue weighted by Crippen LogP contribution is 2.24. The summed E-state index contributed by atoms with van der Waals surface area (Å²) in [7, 11) is 0. The van der Waals surface area contributed by atoms with Gasteiger partial charge >= 0.3 is 11.9 Å². The van der Waals surface area contributed by atoms with Gasteiger partial charge in [-0.1, -0.05) is 12.1 Å². The first-order valence-corrected chi connectivity index (χ1v) is 6.37. The fraction of sp³-hybridized carbons (Fsp3) is 0.400. The Labute approximate surface area is 123 Å². The molecule has 1 rings (SSSR count). The minimum absolute atomic E-state index is 0.344. The standard InChI is InChI=1S/C15H18N2O4/c1-15(2,3)21-14(20)11(13(18)19)12(17)10-6-4-5-9(7-10)8-16/h4-7,11-12H,17H2,1-3H3,(H,18,19)/t11-,12?/m0/s1. The largest absolute Gasteiger partial charge is 0.481 e. The van der Waals surface area contributed by atoms with Gasteiger partial charge in [-0.3, -0.25) is 9.59 Å². The van der Waals surface area contributed by atoms with Crippen LogP contribution in [-0.2, 0) is 14.3 Å². The molecule has 0 aliphatic carbocycles. The number of rotatable bonds is 4. The zero-order valence-electron chi connectivity index (χ0n) is 12.2. The van der Waals surface area contributed by atoms with E-state index < -0.39 is 29.5 Å². The van der Waals surface area contributed by atoms with Gasteiger partial charge in [0, 0.05) is 0 Å². The van der Waals surface area contributed by atoms with Crippen molar-refractivity contribution < 1.29 is 19.4 Å². The van der Waals surface area contributed by atoms with Gasteiger partial charge in [0.15, 0.2) is 5.92 Å². The van der Waals surface area contributed by atoms with Crippen molar-refractivity contribution in [2.24, 2.45) is 11.7 Å². The van der Waals surface area contributed by atoms with Crippen molar-refractivity contribution in [3.63, 3.8) is 0 Å². The van der Waals surface area contributed by atoms with E-state index in [-0.39, 0.29) is 0 Å². The van der Waals surface area contributed by atoms with E-state index in [1.165, 1.54) is 6.07 Å². The summed E-state index contributed by atoms with van der Waals surface area (Å²) in [4.78, 5) is 23.4. The molecule has 2 atom stereocenters. The van der Waals surface area contributed by atoms with Crippen molar-refractivity contribution in [3.05, 3.63) is 35.4 Å². The molecule has 0 fully saturated rings. The van der Waals surface area contributed by atoms with E-state index in [1.54, 1.807) is 39.0 Å². The molecule has 0 heterocycles. The molecule has 0 radical (unpaired) electrons. The molecule has 0 aliphatic rings. The number of ether oxygens (including phenoxy) is 1. The first kappa shape index (κ1) is 16.7. The Morgan fingerprint density at radius 2 is 2.00 bits per heavy atom. The number of carbonyl (C=O) groups excluding carboxylic acids is 1. The second-order valence-electron chi connectivity index (χ2n) is 5.61. The van der Waals surface area contributed by atoms with E-state index in [2.05, 4.69) is 0 Å². The van der Waals surface area contributed by atoms with Crippen LogP contribution in [0.3, 0.4) is 0 Å². The lowest BCUT2D eigenvalue weighted by Gasteiger charge is -2.25. The zero-order valence-corrected chi connectivity index (χ0v) is 12.2. The highest BCUT2D eigenvalue weighted by Gasteiger charge is 2.37. The molecule has 0 saturated heterocycles. The van der Waals surface area contributed by atoms with Crippen molar-refractivity contribution in [1.82, 2.24) is 0 Å². The fourth-order valence-electron chi connectivity index (χ4n) is 1.77. The SMILES string of the molecule is CC(C)(C)OC(=O)[C@H](C(=O)O)C(N)c1cccc(C#N)c1. The molecule has 6 nitrogen and oxygen atoms in total. The maximum absolute atomic E-state index is 12.0. The van der Waals surface area contributed by atoms with E-state index in [9.17, 15) is 14.7 Å². The van der Waals surface area contributed by atoms with Crippen LogP contribution in [0, 0.1) is 17.2 Å². The Balaban J connectivity index is 3.08. The fourth-order valence-corrected chi connectivity index (χ4v) is 1.77. The zero-order chi connectivity index (χ0) is 16.2. The van der Waals surface area contributed by atoms with Crippen LogP contribution in [0.1, 0.15) is 37.9 Å². The lowest BCUT2D eigenvalue weighted by molar-refractivity contribution is -0.167. The van der Waals surface area contributed by atoms with Crippen molar-refractivity contribution in [2.75, 3.05) is 0 Å². The molecule has 1 unspecified atom stereocenters. The highest BCUT2D eigenvalue weighted by atomic mass is 16.6. The first-order valence-electron chi connectivity index (χ1n) is 6.37.